The van der Waals surface area contributed by atoms with Crippen LogP contribution in [0.4, 0.5) is 0 Å². The Balaban J connectivity index is 1.96. The van der Waals surface area contributed by atoms with E-state index in [1.54, 1.807) is 13.3 Å². The van der Waals surface area contributed by atoms with Crippen LogP contribution < -0.4 is 10.2 Å². The minimum Gasteiger partial charge on any atom is -0.467 e. The molecule has 1 aliphatic rings. The van der Waals surface area contributed by atoms with Crippen molar-refractivity contribution in [1.82, 2.24) is 9.97 Å². The number of hydrogen-bond donors (Lipinski definition) is 0. The van der Waals surface area contributed by atoms with Gasteiger partial charge in [-0.2, -0.15) is 4.98 Å². The van der Waals surface area contributed by atoms with E-state index in [0.717, 1.165) is 16.4 Å². The number of hydrogen-bond acceptors (Lipinski definition) is 5. The third kappa shape index (κ3) is 2.38. The van der Waals surface area contributed by atoms with Gasteiger partial charge in [-0.05, 0) is 39.2 Å². The molecule has 6 heteroatoms. The average molecular weight is 286 g/mol. The number of ether oxygens (including phenoxy) is 1. The van der Waals surface area contributed by atoms with Crippen LogP contribution in [-0.2, 0) is 9.31 Å². The molecular weight excluding hydrogens is 267 g/mol. The fourth-order valence-corrected chi connectivity index (χ4v) is 2.26. The van der Waals surface area contributed by atoms with Gasteiger partial charge in [-0.3, -0.25) is 0 Å². The number of nitrogens with zero attached hydrogens (tertiary/aromatic N) is 2. The second kappa shape index (κ2) is 4.68. The molecule has 0 spiro atoms. The van der Waals surface area contributed by atoms with Crippen molar-refractivity contribution in [2.24, 2.45) is 0 Å². The molecule has 2 heterocycles. The van der Waals surface area contributed by atoms with E-state index >= 15 is 0 Å². The van der Waals surface area contributed by atoms with Gasteiger partial charge < -0.3 is 14.0 Å². The Bertz CT molecular complexity index is 672. The summed E-state index contributed by atoms with van der Waals surface area (Å²) >= 11 is 0. The number of fused-ring (bicyclic) bond motifs is 1. The molecule has 1 aromatic carbocycles. The van der Waals surface area contributed by atoms with Gasteiger partial charge in [0, 0.05) is 11.6 Å². The molecule has 1 saturated heterocycles. The molecule has 0 unspecified atom stereocenters. The second-order valence-corrected chi connectivity index (χ2v) is 6.26. The van der Waals surface area contributed by atoms with Crippen LogP contribution in [0.15, 0.2) is 24.4 Å². The predicted octanol–water partition coefficient (Wildman–Crippen LogP) is 1.94. The Kier molecular flexibility index (Phi) is 3.18. The molecule has 21 heavy (non-hydrogen) atoms. The van der Waals surface area contributed by atoms with Crippen molar-refractivity contribution in [2.45, 2.75) is 38.9 Å². The van der Waals surface area contributed by atoms with Crippen LogP contribution in [0, 0.1) is 0 Å². The van der Waals surface area contributed by atoms with Crippen molar-refractivity contribution in [3.05, 3.63) is 24.4 Å². The molecule has 0 atom stereocenters. The van der Waals surface area contributed by atoms with Gasteiger partial charge in [0.1, 0.15) is 0 Å². The molecule has 2 aromatic rings. The maximum atomic E-state index is 6.06. The summed E-state index contributed by atoms with van der Waals surface area (Å²) in [6.45, 7) is 8.17. The molecule has 5 nitrogen and oxygen atoms in total. The fourth-order valence-electron chi connectivity index (χ4n) is 2.26. The van der Waals surface area contributed by atoms with Crippen molar-refractivity contribution in [2.75, 3.05) is 7.11 Å². The first-order chi connectivity index (χ1) is 9.82. The maximum Gasteiger partial charge on any atom is 0.494 e. The van der Waals surface area contributed by atoms with Crippen molar-refractivity contribution in [3.8, 4) is 6.01 Å². The molecule has 1 aromatic heterocycles. The second-order valence-electron chi connectivity index (χ2n) is 6.26. The van der Waals surface area contributed by atoms with Gasteiger partial charge in [0.25, 0.3) is 0 Å². The summed E-state index contributed by atoms with van der Waals surface area (Å²) in [4.78, 5) is 8.44. The summed E-state index contributed by atoms with van der Waals surface area (Å²) in [5.74, 6) is 0. The third-order valence-electron chi connectivity index (χ3n) is 4.29. The lowest BCUT2D eigenvalue weighted by atomic mass is 9.78. The van der Waals surface area contributed by atoms with Crippen molar-refractivity contribution < 1.29 is 14.0 Å². The van der Waals surface area contributed by atoms with Crippen LogP contribution >= 0.6 is 0 Å². The Hall–Kier alpha value is -1.66. The van der Waals surface area contributed by atoms with Crippen LogP contribution in [0.1, 0.15) is 27.7 Å². The standard InChI is InChI=1S/C15H19BN2O3/c1-14(2)15(3,4)21-16(20-14)11-6-7-12-10(8-11)9-17-13(18-12)19-5/h6-9H,1-5H3. The van der Waals surface area contributed by atoms with E-state index in [1.165, 1.54) is 0 Å². The predicted molar refractivity (Wildman–Crippen MR) is 81.8 cm³/mol. The zero-order valence-corrected chi connectivity index (χ0v) is 13.0. The largest absolute Gasteiger partial charge is 0.494 e. The Morgan fingerprint density at radius 1 is 1.10 bits per heavy atom. The quantitative estimate of drug-likeness (QED) is 0.790. The van der Waals surface area contributed by atoms with E-state index in [1.807, 2.05) is 45.9 Å². The van der Waals surface area contributed by atoms with Gasteiger partial charge in [-0.15, -0.1) is 0 Å². The molecule has 0 bridgehead atoms. The molecule has 0 saturated carbocycles. The highest BCUT2D eigenvalue weighted by molar-refractivity contribution is 6.62. The van der Waals surface area contributed by atoms with Crippen molar-refractivity contribution in [1.29, 1.82) is 0 Å². The molecule has 110 valence electrons. The highest BCUT2D eigenvalue weighted by Crippen LogP contribution is 2.36. The van der Waals surface area contributed by atoms with Crippen LogP contribution in [0.5, 0.6) is 6.01 Å². The summed E-state index contributed by atoms with van der Waals surface area (Å²) in [5, 5.41) is 0.933. The average Bonchev–Trinajstić information content (AvgIpc) is 2.66. The minimum absolute atomic E-state index is 0.344. The normalized spacial score (nSPS) is 20.0. The molecule has 3 rings (SSSR count). The van der Waals surface area contributed by atoms with E-state index in [9.17, 15) is 0 Å². The van der Waals surface area contributed by atoms with Gasteiger partial charge in [-0.25, -0.2) is 4.98 Å². The van der Waals surface area contributed by atoms with Crippen LogP contribution in [0.2, 0.25) is 0 Å². The molecular formula is C15H19BN2O3. The first-order valence-electron chi connectivity index (χ1n) is 6.99. The SMILES string of the molecule is COc1ncc2cc(B3OC(C)(C)C(C)(C)O3)ccc2n1. The third-order valence-corrected chi connectivity index (χ3v) is 4.29. The number of rotatable bonds is 2. The van der Waals surface area contributed by atoms with Crippen molar-refractivity contribution in [3.63, 3.8) is 0 Å². The zero-order valence-electron chi connectivity index (χ0n) is 13.0. The first kappa shape index (κ1) is 14.3. The molecule has 0 aliphatic carbocycles. The van der Waals surface area contributed by atoms with E-state index < -0.39 is 0 Å². The smallest absolute Gasteiger partial charge is 0.467 e. The Morgan fingerprint density at radius 2 is 1.76 bits per heavy atom. The summed E-state index contributed by atoms with van der Waals surface area (Å²) in [7, 11) is 1.18. The van der Waals surface area contributed by atoms with E-state index in [0.29, 0.717) is 6.01 Å². The summed E-state index contributed by atoms with van der Waals surface area (Å²) in [5.41, 5.74) is 1.11. The topological polar surface area (TPSA) is 53.5 Å². The number of methoxy groups -OCH3 is 1. The Labute approximate surface area is 124 Å². The number of benzene rings is 1. The highest BCUT2D eigenvalue weighted by Gasteiger charge is 2.51. The molecule has 0 N–H and O–H groups in total. The van der Waals surface area contributed by atoms with Gasteiger partial charge in [0.05, 0.1) is 23.8 Å². The van der Waals surface area contributed by atoms with Gasteiger partial charge in [0.2, 0.25) is 0 Å². The summed E-state index contributed by atoms with van der Waals surface area (Å²) < 4.78 is 17.1. The van der Waals surface area contributed by atoms with Gasteiger partial charge in [0.15, 0.2) is 0 Å². The monoisotopic (exact) mass is 286 g/mol. The number of aromatic nitrogens is 2. The first-order valence-corrected chi connectivity index (χ1v) is 6.99. The van der Waals surface area contributed by atoms with Gasteiger partial charge in [-0.1, -0.05) is 12.1 Å². The zero-order chi connectivity index (χ0) is 15.3. The lowest BCUT2D eigenvalue weighted by molar-refractivity contribution is 0.00578. The van der Waals surface area contributed by atoms with E-state index in [4.69, 9.17) is 14.0 Å². The minimum atomic E-state index is -0.374. The molecule has 0 radical (unpaired) electrons. The highest BCUT2D eigenvalue weighted by atomic mass is 16.7. The van der Waals surface area contributed by atoms with Crippen molar-refractivity contribution >= 4 is 23.5 Å². The van der Waals surface area contributed by atoms with Gasteiger partial charge >= 0.3 is 13.1 Å². The fraction of sp³-hybridized carbons (Fsp3) is 0.467. The van der Waals surface area contributed by atoms with E-state index in [2.05, 4.69) is 9.97 Å². The summed E-state index contributed by atoms with van der Waals surface area (Å²) in [6.07, 6.45) is 1.75. The Morgan fingerprint density at radius 3 is 2.38 bits per heavy atom. The van der Waals surface area contributed by atoms with Crippen LogP contribution in [0.25, 0.3) is 10.9 Å². The molecule has 0 amide bonds. The van der Waals surface area contributed by atoms with E-state index in [-0.39, 0.29) is 18.3 Å². The van der Waals surface area contributed by atoms with Crippen LogP contribution in [-0.4, -0.2) is 35.4 Å². The maximum absolute atomic E-state index is 6.06. The lowest BCUT2D eigenvalue weighted by Crippen LogP contribution is -2.41. The molecule has 1 fully saturated rings. The lowest BCUT2D eigenvalue weighted by Gasteiger charge is -2.32. The summed E-state index contributed by atoms with van der Waals surface area (Å²) in [6, 6.07) is 6.26. The van der Waals surface area contributed by atoms with Crippen LogP contribution in [0.3, 0.4) is 0 Å². The molecule has 1 aliphatic heterocycles.